The monoisotopic (exact) mass is 370 g/mol. The summed E-state index contributed by atoms with van der Waals surface area (Å²) in [6.07, 6.45) is 3.44. The number of pyridine rings is 2. The van der Waals surface area contributed by atoms with Gasteiger partial charge in [0.25, 0.3) is 5.91 Å². The number of nitrogens with one attached hydrogen (secondary N) is 2. The first-order valence-electron chi connectivity index (χ1n) is 8.83. The molecule has 0 saturated carbocycles. The third-order valence-corrected chi connectivity index (χ3v) is 4.13. The highest BCUT2D eigenvalue weighted by Crippen LogP contribution is 2.21. The molecule has 138 valence electrons. The normalized spacial score (nSPS) is 10.6. The van der Waals surface area contributed by atoms with Crippen molar-refractivity contribution in [1.29, 1.82) is 0 Å². The van der Waals surface area contributed by atoms with Crippen LogP contribution >= 0.6 is 0 Å². The first-order valence-corrected chi connectivity index (χ1v) is 8.83. The van der Waals surface area contributed by atoms with Crippen molar-refractivity contribution in [2.24, 2.45) is 0 Å². The lowest BCUT2D eigenvalue weighted by Crippen LogP contribution is -2.16. The van der Waals surface area contributed by atoms with Gasteiger partial charge in [0.15, 0.2) is 0 Å². The Balaban J connectivity index is 1.55. The molecule has 0 aliphatic heterocycles. The average Bonchev–Trinajstić information content (AvgIpc) is 2.73. The van der Waals surface area contributed by atoms with E-state index in [1.165, 1.54) is 0 Å². The van der Waals surface area contributed by atoms with Crippen LogP contribution < -0.4 is 10.6 Å². The van der Waals surface area contributed by atoms with Gasteiger partial charge < -0.3 is 10.6 Å². The Morgan fingerprint density at radius 1 is 0.964 bits per heavy atom. The third-order valence-electron chi connectivity index (χ3n) is 4.13. The highest BCUT2D eigenvalue weighted by atomic mass is 16.1. The summed E-state index contributed by atoms with van der Waals surface area (Å²) in [6, 6.07) is 16.8. The van der Waals surface area contributed by atoms with Gasteiger partial charge in [-0.15, -0.1) is 0 Å². The van der Waals surface area contributed by atoms with E-state index in [0.29, 0.717) is 23.9 Å². The second-order valence-corrected chi connectivity index (χ2v) is 6.20. The molecule has 0 radical (unpaired) electrons. The molecule has 1 aromatic carbocycles. The van der Waals surface area contributed by atoms with Gasteiger partial charge in [0, 0.05) is 23.8 Å². The van der Waals surface area contributed by atoms with Gasteiger partial charge in [0.2, 0.25) is 0 Å². The van der Waals surface area contributed by atoms with Crippen molar-refractivity contribution in [1.82, 2.24) is 19.9 Å². The van der Waals surface area contributed by atoms with Crippen LogP contribution in [0.2, 0.25) is 0 Å². The zero-order valence-corrected chi connectivity index (χ0v) is 15.3. The van der Waals surface area contributed by atoms with Gasteiger partial charge in [-0.1, -0.05) is 24.3 Å². The van der Waals surface area contributed by atoms with Crippen LogP contribution in [0.15, 0.2) is 67.0 Å². The van der Waals surface area contributed by atoms with Crippen molar-refractivity contribution in [3.63, 3.8) is 0 Å². The van der Waals surface area contributed by atoms with Crippen LogP contribution in [0.3, 0.4) is 0 Å². The fourth-order valence-corrected chi connectivity index (χ4v) is 2.85. The molecule has 0 spiro atoms. The summed E-state index contributed by atoms with van der Waals surface area (Å²) < 4.78 is 0. The highest BCUT2D eigenvalue weighted by molar-refractivity contribution is 6.07. The van der Waals surface area contributed by atoms with E-state index in [1.807, 2.05) is 48.5 Å². The molecule has 0 fully saturated rings. The van der Waals surface area contributed by atoms with Gasteiger partial charge in [0.1, 0.15) is 17.3 Å². The lowest BCUT2D eigenvalue weighted by molar-refractivity contribution is 0.102. The molecule has 0 atom stereocenters. The van der Waals surface area contributed by atoms with Crippen LogP contribution in [0, 0.1) is 6.92 Å². The number of benzene rings is 1. The van der Waals surface area contributed by atoms with E-state index in [2.05, 4.69) is 30.6 Å². The Labute approximate surface area is 161 Å². The molecule has 28 heavy (non-hydrogen) atoms. The van der Waals surface area contributed by atoms with Crippen LogP contribution in [0.4, 0.5) is 11.5 Å². The van der Waals surface area contributed by atoms with Gasteiger partial charge in [-0.25, -0.2) is 9.97 Å². The maximum absolute atomic E-state index is 12.8. The molecule has 0 aliphatic rings. The number of para-hydroxylation sites is 1. The molecule has 0 aliphatic carbocycles. The molecule has 7 heteroatoms. The van der Waals surface area contributed by atoms with Crippen molar-refractivity contribution in [2.45, 2.75) is 13.5 Å². The second kappa shape index (κ2) is 7.79. The Hall–Kier alpha value is -3.87. The fourth-order valence-electron chi connectivity index (χ4n) is 2.85. The molecule has 7 nitrogen and oxygen atoms in total. The standard InChI is InChI=1S/C21H18N6O/c1-14-25-18(12-19(26-14)24-13-16-8-2-3-10-22-16)21(28)27-17-9-4-6-15-7-5-11-23-20(15)17/h2-12H,13H2,1H3,(H,27,28)(H,24,25,26). The molecular formula is C21H18N6O. The maximum Gasteiger partial charge on any atom is 0.274 e. The van der Waals surface area contributed by atoms with E-state index in [-0.39, 0.29) is 11.6 Å². The number of hydrogen-bond donors (Lipinski definition) is 2. The van der Waals surface area contributed by atoms with Crippen LogP contribution in [0.5, 0.6) is 0 Å². The molecule has 0 unspecified atom stereocenters. The lowest BCUT2D eigenvalue weighted by Gasteiger charge is -2.10. The SMILES string of the molecule is Cc1nc(NCc2ccccn2)cc(C(=O)Nc2cccc3cccnc23)n1. The maximum atomic E-state index is 12.8. The summed E-state index contributed by atoms with van der Waals surface area (Å²) in [5.41, 5.74) is 2.54. The number of aryl methyl sites for hydroxylation is 1. The van der Waals surface area contributed by atoms with Crippen molar-refractivity contribution < 1.29 is 4.79 Å². The van der Waals surface area contributed by atoms with Gasteiger partial charge >= 0.3 is 0 Å². The molecule has 4 aromatic rings. The molecule has 4 rings (SSSR count). The molecule has 3 aromatic heterocycles. The Morgan fingerprint density at radius 2 is 1.82 bits per heavy atom. The molecule has 0 bridgehead atoms. The van der Waals surface area contributed by atoms with Gasteiger partial charge in [0.05, 0.1) is 23.4 Å². The van der Waals surface area contributed by atoms with Crippen LogP contribution in [-0.4, -0.2) is 25.8 Å². The summed E-state index contributed by atoms with van der Waals surface area (Å²) in [6.45, 7) is 2.26. The number of carbonyl (C=O) groups excluding carboxylic acids is 1. The Bertz CT molecular complexity index is 1120. The summed E-state index contributed by atoms with van der Waals surface area (Å²) in [4.78, 5) is 30.0. The lowest BCUT2D eigenvalue weighted by atomic mass is 10.2. The minimum atomic E-state index is -0.315. The minimum absolute atomic E-state index is 0.281. The molecule has 3 heterocycles. The zero-order chi connectivity index (χ0) is 19.3. The molecule has 1 amide bonds. The van der Waals surface area contributed by atoms with Crippen molar-refractivity contribution in [2.75, 3.05) is 10.6 Å². The highest BCUT2D eigenvalue weighted by Gasteiger charge is 2.13. The van der Waals surface area contributed by atoms with Gasteiger partial charge in [-0.2, -0.15) is 0 Å². The van der Waals surface area contributed by atoms with Crippen molar-refractivity contribution >= 4 is 28.3 Å². The largest absolute Gasteiger partial charge is 0.364 e. The Morgan fingerprint density at radius 3 is 2.68 bits per heavy atom. The van der Waals surface area contributed by atoms with Gasteiger partial charge in [-0.05, 0) is 31.2 Å². The van der Waals surface area contributed by atoms with Crippen LogP contribution in [-0.2, 0) is 6.54 Å². The third kappa shape index (κ3) is 3.93. The number of anilines is 2. The average molecular weight is 370 g/mol. The van der Waals surface area contributed by atoms with E-state index in [1.54, 1.807) is 25.4 Å². The number of carbonyl (C=O) groups is 1. The van der Waals surface area contributed by atoms with Crippen molar-refractivity contribution in [3.05, 3.63) is 84.2 Å². The summed E-state index contributed by atoms with van der Waals surface area (Å²) in [7, 11) is 0. The van der Waals surface area contributed by atoms with Crippen LogP contribution in [0.25, 0.3) is 10.9 Å². The number of hydrogen-bond acceptors (Lipinski definition) is 6. The number of nitrogens with zero attached hydrogens (tertiary/aromatic N) is 4. The van der Waals surface area contributed by atoms with E-state index in [9.17, 15) is 4.79 Å². The van der Waals surface area contributed by atoms with Crippen LogP contribution in [0.1, 0.15) is 22.0 Å². The number of aromatic nitrogens is 4. The number of amides is 1. The first-order chi connectivity index (χ1) is 13.7. The second-order valence-electron chi connectivity index (χ2n) is 6.20. The van der Waals surface area contributed by atoms with Gasteiger partial charge in [-0.3, -0.25) is 14.8 Å². The van der Waals surface area contributed by atoms with E-state index < -0.39 is 0 Å². The summed E-state index contributed by atoms with van der Waals surface area (Å²) in [5, 5.41) is 7.04. The quantitative estimate of drug-likeness (QED) is 0.558. The fraction of sp³-hybridized carbons (Fsp3) is 0.0952. The smallest absolute Gasteiger partial charge is 0.274 e. The van der Waals surface area contributed by atoms with E-state index in [0.717, 1.165) is 16.6 Å². The van der Waals surface area contributed by atoms with Crippen molar-refractivity contribution in [3.8, 4) is 0 Å². The molecule has 0 saturated heterocycles. The topological polar surface area (TPSA) is 92.7 Å². The zero-order valence-electron chi connectivity index (χ0n) is 15.3. The number of rotatable bonds is 5. The molecule has 2 N–H and O–H groups in total. The van der Waals surface area contributed by atoms with E-state index in [4.69, 9.17) is 0 Å². The Kier molecular flexibility index (Phi) is 4.88. The predicted octanol–water partition coefficient (Wildman–Crippen LogP) is 3.59. The first kappa shape index (κ1) is 17.5. The number of fused-ring (bicyclic) bond motifs is 1. The minimum Gasteiger partial charge on any atom is -0.364 e. The summed E-state index contributed by atoms with van der Waals surface area (Å²) >= 11 is 0. The van der Waals surface area contributed by atoms with E-state index >= 15 is 0 Å². The predicted molar refractivity (Wildman–Crippen MR) is 108 cm³/mol. The summed E-state index contributed by atoms with van der Waals surface area (Å²) in [5.74, 6) is 0.760. The molecular weight excluding hydrogens is 352 g/mol.